The molecule has 0 aromatic heterocycles. The summed E-state index contributed by atoms with van der Waals surface area (Å²) < 4.78 is 12.8. The topological polar surface area (TPSA) is 17.1 Å². The van der Waals surface area contributed by atoms with Crippen LogP contribution in [-0.4, -0.2) is 6.29 Å². The van der Waals surface area contributed by atoms with Crippen LogP contribution in [0.25, 0.3) is 11.1 Å². The van der Waals surface area contributed by atoms with Gasteiger partial charge in [-0.25, -0.2) is 4.39 Å². The molecular formula is C15H13FO. The van der Waals surface area contributed by atoms with Crippen molar-refractivity contribution in [1.29, 1.82) is 0 Å². The molecule has 0 aliphatic rings. The predicted octanol–water partition coefficient (Wildman–Crippen LogP) is 3.62. The van der Waals surface area contributed by atoms with Gasteiger partial charge in [-0.3, -0.25) is 0 Å². The van der Waals surface area contributed by atoms with Crippen molar-refractivity contribution in [2.75, 3.05) is 0 Å². The van der Waals surface area contributed by atoms with Crippen LogP contribution in [0.3, 0.4) is 0 Å². The standard InChI is InChI=1S/C15H13FO/c16-15-9-7-14(8-10-15)13-5-3-12(4-6-13)2-1-11-17/h3-11H,1-2H2. The minimum Gasteiger partial charge on any atom is -0.303 e. The molecule has 0 aliphatic carbocycles. The molecule has 0 atom stereocenters. The monoisotopic (exact) mass is 228 g/mol. The molecule has 2 rings (SSSR count). The second-order valence-electron chi connectivity index (χ2n) is 3.91. The maximum absolute atomic E-state index is 12.8. The maximum atomic E-state index is 12.8. The Bertz CT molecular complexity index is 485. The molecule has 0 spiro atoms. The quantitative estimate of drug-likeness (QED) is 0.730. The molecule has 1 nitrogen and oxygen atoms in total. The van der Waals surface area contributed by atoms with E-state index in [0.29, 0.717) is 6.42 Å². The van der Waals surface area contributed by atoms with Crippen LogP contribution in [0.4, 0.5) is 4.39 Å². The highest BCUT2D eigenvalue weighted by Crippen LogP contribution is 2.20. The average Bonchev–Trinajstić information content (AvgIpc) is 2.38. The number of halogens is 1. The second-order valence-corrected chi connectivity index (χ2v) is 3.91. The summed E-state index contributed by atoms with van der Waals surface area (Å²) in [6.07, 6.45) is 2.25. The van der Waals surface area contributed by atoms with E-state index in [1.807, 2.05) is 24.3 Å². The lowest BCUT2D eigenvalue weighted by molar-refractivity contribution is -0.107. The fraction of sp³-hybridized carbons (Fsp3) is 0.133. The first kappa shape index (κ1) is 11.5. The van der Waals surface area contributed by atoms with E-state index >= 15 is 0 Å². The first-order valence-corrected chi connectivity index (χ1v) is 5.58. The van der Waals surface area contributed by atoms with Crippen molar-refractivity contribution < 1.29 is 9.18 Å². The van der Waals surface area contributed by atoms with Crippen LogP contribution in [0.15, 0.2) is 48.5 Å². The summed E-state index contributed by atoms with van der Waals surface area (Å²) in [4.78, 5) is 10.3. The Kier molecular flexibility index (Phi) is 3.66. The molecule has 0 aliphatic heterocycles. The molecule has 0 N–H and O–H groups in total. The molecule has 86 valence electrons. The first-order valence-electron chi connectivity index (χ1n) is 5.58. The summed E-state index contributed by atoms with van der Waals surface area (Å²) in [6.45, 7) is 0. The minimum absolute atomic E-state index is 0.226. The molecule has 2 heteroatoms. The predicted molar refractivity (Wildman–Crippen MR) is 66.2 cm³/mol. The van der Waals surface area contributed by atoms with E-state index < -0.39 is 0 Å². The molecule has 0 fully saturated rings. The zero-order valence-electron chi connectivity index (χ0n) is 9.40. The van der Waals surface area contributed by atoms with Gasteiger partial charge in [0.2, 0.25) is 0 Å². The summed E-state index contributed by atoms with van der Waals surface area (Å²) >= 11 is 0. The number of hydrogen-bond acceptors (Lipinski definition) is 1. The maximum Gasteiger partial charge on any atom is 0.123 e. The number of rotatable bonds is 4. The number of benzene rings is 2. The highest BCUT2D eigenvalue weighted by Gasteiger charge is 1.98. The Morgan fingerprint density at radius 1 is 0.882 bits per heavy atom. The van der Waals surface area contributed by atoms with Gasteiger partial charge in [-0.1, -0.05) is 36.4 Å². The van der Waals surface area contributed by atoms with Crippen LogP contribution >= 0.6 is 0 Å². The van der Waals surface area contributed by atoms with Gasteiger partial charge in [0.1, 0.15) is 12.1 Å². The van der Waals surface area contributed by atoms with Gasteiger partial charge in [-0.2, -0.15) is 0 Å². The lowest BCUT2D eigenvalue weighted by Gasteiger charge is -2.03. The lowest BCUT2D eigenvalue weighted by atomic mass is 10.0. The van der Waals surface area contributed by atoms with Gasteiger partial charge >= 0.3 is 0 Å². The van der Waals surface area contributed by atoms with Crippen LogP contribution in [0, 0.1) is 5.82 Å². The van der Waals surface area contributed by atoms with E-state index in [1.165, 1.54) is 12.1 Å². The zero-order valence-corrected chi connectivity index (χ0v) is 9.40. The molecule has 0 amide bonds. The van der Waals surface area contributed by atoms with Crippen LogP contribution in [0.1, 0.15) is 12.0 Å². The molecule has 0 radical (unpaired) electrons. The molecule has 2 aromatic carbocycles. The summed E-state index contributed by atoms with van der Waals surface area (Å²) in [7, 11) is 0. The molecule has 0 bridgehead atoms. The summed E-state index contributed by atoms with van der Waals surface area (Å²) in [5, 5.41) is 0. The Hall–Kier alpha value is -1.96. The number of hydrogen-bond donors (Lipinski definition) is 0. The molecule has 0 saturated heterocycles. The first-order chi connectivity index (χ1) is 8.29. The number of aldehydes is 1. The summed E-state index contributed by atoms with van der Waals surface area (Å²) in [5.41, 5.74) is 3.19. The van der Waals surface area contributed by atoms with E-state index in [9.17, 15) is 9.18 Å². The van der Waals surface area contributed by atoms with Crippen molar-refractivity contribution in [3.63, 3.8) is 0 Å². The molecule has 0 unspecified atom stereocenters. The molecule has 2 aromatic rings. The van der Waals surface area contributed by atoms with Crippen molar-refractivity contribution >= 4 is 6.29 Å². The van der Waals surface area contributed by atoms with E-state index in [2.05, 4.69) is 0 Å². The third-order valence-electron chi connectivity index (χ3n) is 2.68. The third kappa shape index (κ3) is 3.00. The lowest BCUT2D eigenvalue weighted by Crippen LogP contribution is -1.86. The van der Waals surface area contributed by atoms with Crippen molar-refractivity contribution in [1.82, 2.24) is 0 Å². The van der Waals surface area contributed by atoms with E-state index in [1.54, 1.807) is 12.1 Å². The number of carbonyl (C=O) groups is 1. The van der Waals surface area contributed by atoms with Crippen molar-refractivity contribution in [2.45, 2.75) is 12.8 Å². The van der Waals surface area contributed by atoms with Gasteiger partial charge in [0, 0.05) is 6.42 Å². The normalized spacial score (nSPS) is 10.2. The van der Waals surface area contributed by atoms with Crippen LogP contribution < -0.4 is 0 Å². The summed E-state index contributed by atoms with van der Waals surface area (Å²) in [5.74, 6) is -0.226. The summed E-state index contributed by atoms with van der Waals surface area (Å²) in [6, 6.07) is 14.4. The smallest absolute Gasteiger partial charge is 0.123 e. The molecule has 17 heavy (non-hydrogen) atoms. The van der Waals surface area contributed by atoms with Crippen molar-refractivity contribution in [3.05, 3.63) is 59.9 Å². The Balaban J connectivity index is 2.17. The van der Waals surface area contributed by atoms with Crippen LogP contribution in [-0.2, 0) is 11.2 Å². The highest BCUT2D eigenvalue weighted by atomic mass is 19.1. The van der Waals surface area contributed by atoms with Gasteiger partial charge < -0.3 is 4.79 Å². The van der Waals surface area contributed by atoms with Gasteiger partial charge in [0.05, 0.1) is 0 Å². The second kappa shape index (κ2) is 5.39. The molecule has 0 saturated carbocycles. The van der Waals surface area contributed by atoms with Gasteiger partial charge in [0.25, 0.3) is 0 Å². The molecule has 0 heterocycles. The van der Waals surface area contributed by atoms with E-state index in [0.717, 1.165) is 29.4 Å². The Morgan fingerprint density at radius 3 is 1.94 bits per heavy atom. The fourth-order valence-corrected chi connectivity index (χ4v) is 1.73. The van der Waals surface area contributed by atoms with Crippen molar-refractivity contribution in [3.8, 4) is 11.1 Å². The van der Waals surface area contributed by atoms with E-state index in [-0.39, 0.29) is 5.82 Å². The minimum atomic E-state index is -0.226. The SMILES string of the molecule is O=CCCc1ccc(-c2ccc(F)cc2)cc1. The van der Waals surface area contributed by atoms with Gasteiger partial charge in [-0.15, -0.1) is 0 Å². The zero-order chi connectivity index (χ0) is 12.1. The van der Waals surface area contributed by atoms with Gasteiger partial charge in [-0.05, 0) is 35.2 Å². The average molecular weight is 228 g/mol. The number of aryl methyl sites for hydroxylation is 1. The van der Waals surface area contributed by atoms with Gasteiger partial charge in [0.15, 0.2) is 0 Å². The number of carbonyl (C=O) groups excluding carboxylic acids is 1. The largest absolute Gasteiger partial charge is 0.303 e. The fourth-order valence-electron chi connectivity index (χ4n) is 1.73. The highest BCUT2D eigenvalue weighted by molar-refractivity contribution is 5.63. The van der Waals surface area contributed by atoms with Crippen molar-refractivity contribution in [2.24, 2.45) is 0 Å². The van der Waals surface area contributed by atoms with Crippen LogP contribution in [0.2, 0.25) is 0 Å². The Morgan fingerprint density at radius 2 is 1.41 bits per heavy atom. The third-order valence-corrected chi connectivity index (χ3v) is 2.68. The van der Waals surface area contributed by atoms with E-state index in [4.69, 9.17) is 0 Å². The Labute approximate surface area is 99.9 Å². The molecular weight excluding hydrogens is 215 g/mol. The van der Waals surface area contributed by atoms with Crippen LogP contribution in [0.5, 0.6) is 0 Å².